The molecular weight excluding hydrogens is 428 g/mol. The van der Waals surface area contributed by atoms with Gasteiger partial charge in [0.15, 0.2) is 5.82 Å². The molecule has 0 radical (unpaired) electrons. The van der Waals surface area contributed by atoms with Gasteiger partial charge < -0.3 is 14.0 Å². The number of ether oxygens (including phenoxy) is 2. The van der Waals surface area contributed by atoms with Crippen molar-refractivity contribution < 1.29 is 14.0 Å². The van der Waals surface area contributed by atoms with Crippen molar-refractivity contribution in [3.05, 3.63) is 45.0 Å². The first-order valence-corrected chi connectivity index (χ1v) is 12.1. The fourth-order valence-corrected chi connectivity index (χ4v) is 6.07. The summed E-state index contributed by atoms with van der Waals surface area (Å²) in [6, 6.07) is 2.81. The summed E-state index contributed by atoms with van der Waals surface area (Å²) in [7, 11) is 1.60. The normalized spacial score (nSPS) is 23.7. The summed E-state index contributed by atoms with van der Waals surface area (Å²) in [5.41, 5.74) is 2.28. The molecule has 10 heteroatoms. The first kappa shape index (κ1) is 21.7. The zero-order valence-electron chi connectivity index (χ0n) is 18.9. The van der Waals surface area contributed by atoms with Crippen LogP contribution in [0, 0.1) is 0 Å². The van der Waals surface area contributed by atoms with Gasteiger partial charge in [0.1, 0.15) is 13.2 Å². The molecule has 9 nitrogen and oxygen atoms in total. The van der Waals surface area contributed by atoms with Crippen LogP contribution in [-0.4, -0.2) is 56.3 Å². The Balaban J connectivity index is 1.22. The van der Waals surface area contributed by atoms with E-state index >= 15 is 0 Å². The van der Waals surface area contributed by atoms with Crippen molar-refractivity contribution in [3.8, 4) is 0 Å². The number of methoxy groups -OCH3 is 1. The van der Waals surface area contributed by atoms with E-state index in [9.17, 15) is 0 Å². The fourth-order valence-electron chi connectivity index (χ4n) is 4.89. The molecule has 0 saturated carbocycles. The summed E-state index contributed by atoms with van der Waals surface area (Å²) in [5, 5.41) is 12.5. The molecule has 5 heterocycles. The van der Waals surface area contributed by atoms with Gasteiger partial charge >= 0.3 is 0 Å². The van der Waals surface area contributed by atoms with E-state index in [1.807, 2.05) is 17.5 Å². The van der Waals surface area contributed by atoms with Crippen LogP contribution >= 0.6 is 11.3 Å². The third-order valence-corrected chi connectivity index (χ3v) is 7.83. The summed E-state index contributed by atoms with van der Waals surface area (Å²) in [4.78, 5) is 9.78. The second kappa shape index (κ2) is 9.01. The van der Waals surface area contributed by atoms with Crippen molar-refractivity contribution in [2.45, 2.75) is 70.9 Å². The molecule has 0 unspecified atom stereocenters. The fraction of sp³-hybridized carbons (Fsp3) is 0.636. The molecule has 3 aromatic rings. The predicted molar refractivity (Wildman–Crippen MR) is 118 cm³/mol. The quantitative estimate of drug-likeness (QED) is 0.534. The molecule has 1 fully saturated rings. The zero-order valence-corrected chi connectivity index (χ0v) is 19.7. The molecule has 2 atom stereocenters. The van der Waals surface area contributed by atoms with Crippen molar-refractivity contribution in [1.29, 1.82) is 0 Å². The van der Waals surface area contributed by atoms with Crippen LogP contribution in [0.2, 0.25) is 0 Å². The minimum Gasteiger partial charge on any atom is -0.377 e. The largest absolute Gasteiger partial charge is 0.377 e. The van der Waals surface area contributed by atoms with Gasteiger partial charge in [0.05, 0.1) is 24.1 Å². The van der Waals surface area contributed by atoms with Crippen LogP contribution in [0.1, 0.15) is 59.4 Å². The van der Waals surface area contributed by atoms with E-state index in [0.717, 1.165) is 51.1 Å². The minimum absolute atomic E-state index is 0.122. The lowest BCUT2D eigenvalue weighted by molar-refractivity contribution is -0.112. The lowest BCUT2D eigenvalue weighted by Crippen LogP contribution is -2.50. The second-order valence-electron chi connectivity index (χ2n) is 8.71. The molecule has 172 valence electrons. The number of likely N-dealkylation sites (tertiary alicyclic amines) is 1. The zero-order chi connectivity index (χ0) is 22.1. The maximum atomic E-state index is 6.47. The van der Waals surface area contributed by atoms with Crippen LogP contribution in [-0.2, 0) is 47.6 Å². The van der Waals surface area contributed by atoms with Crippen LogP contribution in [0.15, 0.2) is 16.8 Å². The number of aromatic nitrogens is 5. The molecule has 0 N–H and O–H groups in total. The van der Waals surface area contributed by atoms with Gasteiger partial charge in [-0.3, -0.25) is 4.90 Å². The third-order valence-electron chi connectivity index (χ3n) is 6.49. The second-order valence-corrected chi connectivity index (χ2v) is 9.94. The number of piperidine rings is 1. The SMILES string of the molecule is CCc1cc2c(s1)CCO[C@@]21CCN(Cc2cn(Cc3nc(COC)no3)nn2)[C@@H](C)C1. The van der Waals surface area contributed by atoms with Crippen molar-refractivity contribution in [2.24, 2.45) is 0 Å². The molecule has 0 aliphatic carbocycles. The van der Waals surface area contributed by atoms with Crippen LogP contribution < -0.4 is 0 Å². The Morgan fingerprint density at radius 1 is 1.34 bits per heavy atom. The Morgan fingerprint density at radius 2 is 2.25 bits per heavy atom. The number of fused-ring (bicyclic) bond motifs is 2. The third kappa shape index (κ3) is 4.24. The van der Waals surface area contributed by atoms with E-state index in [2.05, 4.69) is 45.3 Å². The van der Waals surface area contributed by atoms with Gasteiger partial charge in [-0.25, -0.2) is 4.68 Å². The van der Waals surface area contributed by atoms with E-state index in [0.29, 0.717) is 30.9 Å². The van der Waals surface area contributed by atoms with Gasteiger partial charge in [0.25, 0.3) is 0 Å². The highest BCUT2D eigenvalue weighted by Crippen LogP contribution is 2.46. The van der Waals surface area contributed by atoms with Gasteiger partial charge in [0.2, 0.25) is 5.89 Å². The van der Waals surface area contributed by atoms with E-state index in [4.69, 9.17) is 14.0 Å². The number of hydrogen-bond acceptors (Lipinski definition) is 9. The van der Waals surface area contributed by atoms with Crippen LogP contribution in [0.3, 0.4) is 0 Å². The van der Waals surface area contributed by atoms with E-state index in [-0.39, 0.29) is 5.60 Å². The van der Waals surface area contributed by atoms with Crippen LogP contribution in [0.4, 0.5) is 0 Å². The van der Waals surface area contributed by atoms with Crippen molar-refractivity contribution in [2.75, 3.05) is 20.3 Å². The molecule has 5 rings (SSSR count). The predicted octanol–water partition coefficient (Wildman–Crippen LogP) is 2.93. The van der Waals surface area contributed by atoms with E-state index < -0.39 is 0 Å². The van der Waals surface area contributed by atoms with Gasteiger partial charge in [-0.2, -0.15) is 4.98 Å². The number of nitrogens with zero attached hydrogens (tertiary/aromatic N) is 6. The first-order valence-electron chi connectivity index (χ1n) is 11.3. The lowest BCUT2D eigenvalue weighted by Gasteiger charge is -2.47. The number of aryl methyl sites for hydroxylation is 1. The maximum absolute atomic E-state index is 6.47. The highest BCUT2D eigenvalue weighted by Gasteiger charge is 2.44. The van der Waals surface area contributed by atoms with Crippen molar-refractivity contribution in [3.63, 3.8) is 0 Å². The standard InChI is InChI=1S/C22H30N6O3S/c1-4-17-9-18-19(32-17)5-8-30-22(18)6-7-27(15(2)10-22)11-16-12-28(26-24-16)13-21-23-20(14-29-3)25-31-21/h9,12,15H,4-8,10-11,13-14H2,1-3H3/t15-,22+/m0/s1. The molecule has 32 heavy (non-hydrogen) atoms. The Morgan fingerprint density at radius 3 is 3.06 bits per heavy atom. The molecule has 0 aromatic carbocycles. The van der Waals surface area contributed by atoms with Gasteiger partial charge in [0, 0.05) is 42.4 Å². The molecule has 1 spiro atoms. The van der Waals surface area contributed by atoms with Gasteiger partial charge in [-0.05, 0) is 37.8 Å². The molecule has 0 amide bonds. The molecule has 3 aromatic heterocycles. The highest BCUT2D eigenvalue weighted by atomic mass is 32.1. The van der Waals surface area contributed by atoms with Crippen LogP contribution in [0.25, 0.3) is 0 Å². The highest BCUT2D eigenvalue weighted by molar-refractivity contribution is 7.12. The smallest absolute Gasteiger partial charge is 0.248 e. The average molecular weight is 459 g/mol. The molecular formula is C22H30N6O3S. The summed E-state index contributed by atoms with van der Waals surface area (Å²) >= 11 is 1.98. The van der Waals surface area contributed by atoms with Gasteiger partial charge in [-0.1, -0.05) is 17.3 Å². The summed E-state index contributed by atoms with van der Waals surface area (Å²) in [6.07, 6.45) is 6.14. The Labute approximate surface area is 191 Å². The van der Waals surface area contributed by atoms with E-state index in [1.165, 1.54) is 15.3 Å². The molecule has 0 bridgehead atoms. The monoisotopic (exact) mass is 458 g/mol. The number of thiophene rings is 1. The lowest BCUT2D eigenvalue weighted by atomic mass is 9.79. The van der Waals surface area contributed by atoms with E-state index in [1.54, 1.807) is 11.8 Å². The number of hydrogen-bond donors (Lipinski definition) is 0. The average Bonchev–Trinajstić information content (AvgIpc) is 3.51. The minimum atomic E-state index is -0.122. The maximum Gasteiger partial charge on any atom is 0.248 e. The molecule has 2 aliphatic heterocycles. The van der Waals surface area contributed by atoms with Gasteiger partial charge in [-0.15, -0.1) is 16.4 Å². The first-order chi connectivity index (χ1) is 15.6. The van der Waals surface area contributed by atoms with Crippen LogP contribution in [0.5, 0.6) is 0 Å². The van der Waals surface area contributed by atoms with Crippen molar-refractivity contribution in [1.82, 2.24) is 30.0 Å². The molecule has 2 aliphatic rings. The Bertz CT molecular complexity index is 1060. The topological polar surface area (TPSA) is 91.3 Å². The summed E-state index contributed by atoms with van der Waals surface area (Å²) < 4.78 is 18.5. The number of rotatable bonds is 7. The summed E-state index contributed by atoms with van der Waals surface area (Å²) in [5.74, 6) is 1.03. The summed E-state index contributed by atoms with van der Waals surface area (Å²) in [6.45, 7) is 7.85. The molecule has 1 saturated heterocycles. The Hall–Kier alpha value is -2.14. The van der Waals surface area contributed by atoms with Crippen molar-refractivity contribution >= 4 is 11.3 Å². The Kier molecular flexibility index (Phi) is 6.11.